The molecule has 1 aliphatic rings. The van der Waals surface area contributed by atoms with Crippen molar-refractivity contribution in [1.82, 2.24) is 0 Å². The van der Waals surface area contributed by atoms with Gasteiger partial charge in [-0.25, -0.2) is 4.79 Å². The molecular formula is C12H14ClNO3. The molecule has 0 atom stereocenters. The van der Waals surface area contributed by atoms with E-state index in [9.17, 15) is 4.79 Å². The summed E-state index contributed by atoms with van der Waals surface area (Å²) in [5, 5.41) is 0.565. The van der Waals surface area contributed by atoms with Crippen LogP contribution in [0.5, 0.6) is 0 Å². The molecule has 1 heterocycles. The van der Waals surface area contributed by atoms with Crippen LogP contribution in [-0.4, -0.2) is 39.4 Å². The van der Waals surface area contributed by atoms with Gasteiger partial charge in [0.05, 0.1) is 36.6 Å². The van der Waals surface area contributed by atoms with E-state index >= 15 is 0 Å². The summed E-state index contributed by atoms with van der Waals surface area (Å²) >= 11 is 6.17. The third-order valence-corrected chi connectivity index (χ3v) is 3.02. The lowest BCUT2D eigenvalue weighted by molar-refractivity contribution is 0.0600. The van der Waals surface area contributed by atoms with Gasteiger partial charge in [-0.05, 0) is 18.2 Å². The Morgan fingerprint density at radius 2 is 2.12 bits per heavy atom. The first kappa shape index (κ1) is 12.2. The number of hydrogen-bond acceptors (Lipinski definition) is 4. The van der Waals surface area contributed by atoms with Gasteiger partial charge in [0.25, 0.3) is 0 Å². The van der Waals surface area contributed by atoms with E-state index in [1.807, 2.05) is 6.07 Å². The predicted molar refractivity (Wildman–Crippen MR) is 65.8 cm³/mol. The van der Waals surface area contributed by atoms with Crippen molar-refractivity contribution in [3.63, 3.8) is 0 Å². The second-order valence-corrected chi connectivity index (χ2v) is 4.16. The van der Waals surface area contributed by atoms with Crippen LogP contribution in [-0.2, 0) is 9.47 Å². The molecule has 4 nitrogen and oxygen atoms in total. The number of carbonyl (C=O) groups excluding carboxylic acids is 1. The van der Waals surface area contributed by atoms with Crippen molar-refractivity contribution in [3.05, 3.63) is 28.8 Å². The minimum absolute atomic E-state index is 0.375. The summed E-state index contributed by atoms with van der Waals surface area (Å²) in [5.74, 6) is -0.375. The first-order valence-electron chi connectivity index (χ1n) is 5.43. The van der Waals surface area contributed by atoms with Crippen LogP contribution in [0.15, 0.2) is 18.2 Å². The molecule has 0 spiro atoms. The normalized spacial score (nSPS) is 15.8. The van der Waals surface area contributed by atoms with Crippen LogP contribution < -0.4 is 4.90 Å². The highest BCUT2D eigenvalue weighted by Gasteiger charge is 2.15. The Bertz CT molecular complexity index is 416. The van der Waals surface area contributed by atoms with E-state index in [1.165, 1.54) is 7.11 Å². The molecule has 0 bridgehead atoms. The van der Waals surface area contributed by atoms with Gasteiger partial charge in [0.15, 0.2) is 0 Å². The fraction of sp³-hybridized carbons (Fsp3) is 0.417. The number of carbonyl (C=O) groups is 1. The third-order valence-electron chi connectivity index (χ3n) is 2.72. The number of methoxy groups -OCH3 is 1. The summed E-state index contributed by atoms with van der Waals surface area (Å²) < 4.78 is 9.93. The Kier molecular flexibility index (Phi) is 3.86. The molecule has 1 saturated heterocycles. The topological polar surface area (TPSA) is 38.8 Å². The van der Waals surface area contributed by atoms with E-state index in [0.717, 1.165) is 18.8 Å². The minimum atomic E-state index is -0.375. The molecule has 1 aromatic carbocycles. The number of anilines is 1. The lowest BCUT2D eigenvalue weighted by Gasteiger charge is -2.29. The molecule has 0 aromatic heterocycles. The largest absolute Gasteiger partial charge is 0.465 e. The number of benzene rings is 1. The molecule has 2 rings (SSSR count). The van der Waals surface area contributed by atoms with Crippen molar-refractivity contribution in [2.45, 2.75) is 0 Å². The number of hydrogen-bond donors (Lipinski definition) is 0. The van der Waals surface area contributed by atoms with Gasteiger partial charge in [0.2, 0.25) is 0 Å². The highest BCUT2D eigenvalue weighted by molar-refractivity contribution is 6.33. The third kappa shape index (κ3) is 2.70. The summed E-state index contributed by atoms with van der Waals surface area (Å²) in [4.78, 5) is 13.5. The fourth-order valence-corrected chi connectivity index (χ4v) is 2.11. The monoisotopic (exact) mass is 255 g/mol. The average Bonchev–Trinajstić information content (AvgIpc) is 2.38. The molecule has 0 amide bonds. The lowest BCUT2D eigenvalue weighted by Crippen LogP contribution is -2.36. The second-order valence-electron chi connectivity index (χ2n) is 3.76. The number of esters is 1. The van der Waals surface area contributed by atoms with Crippen molar-refractivity contribution < 1.29 is 14.3 Å². The average molecular weight is 256 g/mol. The van der Waals surface area contributed by atoms with E-state index in [2.05, 4.69) is 9.64 Å². The van der Waals surface area contributed by atoms with E-state index in [-0.39, 0.29) is 5.97 Å². The number of nitrogens with zero attached hydrogens (tertiary/aromatic N) is 1. The molecule has 1 aromatic rings. The summed E-state index contributed by atoms with van der Waals surface area (Å²) in [6.45, 7) is 3.04. The van der Waals surface area contributed by atoms with Crippen LogP contribution in [0.25, 0.3) is 0 Å². The van der Waals surface area contributed by atoms with Crippen molar-refractivity contribution in [3.8, 4) is 0 Å². The standard InChI is InChI=1S/C12H14ClNO3/c1-16-12(15)9-2-3-11(10(13)8-9)14-4-6-17-7-5-14/h2-3,8H,4-7H2,1H3. The second kappa shape index (κ2) is 5.38. The minimum Gasteiger partial charge on any atom is -0.465 e. The maximum Gasteiger partial charge on any atom is 0.337 e. The fourth-order valence-electron chi connectivity index (χ4n) is 1.81. The van der Waals surface area contributed by atoms with E-state index in [1.54, 1.807) is 12.1 Å². The van der Waals surface area contributed by atoms with E-state index < -0.39 is 0 Å². The Morgan fingerprint density at radius 3 is 2.71 bits per heavy atom. The van der Waals surface area contributed by atoms with Crippen LogP contribution in [0.4, 0.5) is 5.69 Å². The van der Waals surface area contributed by atoms with Gasteiger partial charge in [-0.3, -0.25) is 0 Å². The zero-order valence-electron chi connectivity index (χ0n) is 9.61. The van der Waals surface area contributed by atoms with Crippen molar-refractivity contribution in [2.75, 3.05) is 38.3 Å². The number of ether oxygens (including phenoxy) is 2. The molecule has 1 fully saturated rings. The SMILES string of the molecule is COC(=O)c1ccc(N2CCOCC2)c(Cl)c1. The van der Waals surface area contributed by atoms with Gasteiger partial charge in [0.1, 0.15) is 0 Å². The van der Waals surface area contributed by atoms with Gasteiger partial charge >= 0.3 is 5.97 Å². The van der Waals surface area contributed by atoms with Gasteiger partial charge in [0, 0.05) is 13.1 Å². The zero-order chi connectivity index (χ0) is 12.3. The number of rotatable bonds is 2. The molecular weight excluding hydrogens is 242 g/mol. The molecule has 92 valence electrons. The quantitative estimate of drug-likeness (QED) is 0.758. The van der Waals surface area contributed by atoms with Crippen molar-refractivity contribution in [2.24, 2.45) is 0 Å². The van der Waals surface area contributed by atoms with Crippen LogP contribution in [0.2, 0.25) is 5.02 Å². The molecule has 0 N–H and O–H groups in total. The van der Waals surface area contributed by atoms with Gasteiger partial charge in [-0.1, -0.05) is 11.6 Å². The van der Waals surface area contributed by atoms with E-state index in [0.29, 0.717) is 23.8 Å². The molecule has 0 saturated carbocycles. The van der Waals surface area contributed by atoms with Crippen molar-refractivity contribution in [1.29, 1.82) is 0 Å². The van der Waals surface area contributed by atoms with Gasteiger partial charge in [-0.15, -0.1) is 0 Å². The summed E-state index contributed by atoms with van der Waals surface area (Å²) in [7, 11) is 1.35. The first-order chi connectivity index (χ1) is 8.22. The smallest absolute Gasteiger partial charge is 0.337 e. The molecule has 0 radical (unpaired) electrons. The van der Waals surface area contributed by atoms with Crippen LogP contribution in [0, 0.1) is 0 Å². The maximum absolute atomic E-state index is 11.3. The van der Waals surface area contributed by atoms with Gasteiger partial charge < -0.3 is 14.4 Å². The highest BCUT2D eigenvalue weighted by Crippen LogP contribution is 2.27. The lowest BCUT2D eigenvalue weighted by atomic mass is 10.2. The summed E-state index contributed by atoms with van der Waals surface area (Å²) in [6.07, 6.45) is 0. The number of halogens is 1. The van der Waals surface area contributed by atoms with Gasteiger partial charge in [-0.2, -0.15) is 0 Å². The maximum atomic E-state index is 11.3. The Labute approximate surface area is 105 Å². The Hall–Kier alpha value is -1.26. The highest BCUT2D eigenvalue weighted by atomic mass is 35.5. The zero-order valence-corrected chi connectivity index (χ0v) is 10.4. The van der Waals surface area contributed by atoms with Crippen molar-refractivity contribution >= 4 is 23.3 Å². The van der Waals surface area contributed by atoms with Crippen LogP contribution in [0.1, 0.15) is 10.4 Å². The van der Waals surface area contributed by atoms with E-state index in [4.69, 9.17) is 16.3 Å². The first-order valence-corrected chi connectivity index (χ1v) is 5.80. The molecule has 5 heteroatoms. The predicted octanol–water partition coefficient (Wildman–Crippen LogP) is 1.96. The molecule has 0 unspecified atom stereocenters. The molecule has 0 aliphatic carbocycles. The Balaban J connectivity index is 2.21. The van der Waals surface area contributed by atoms with Crippen LogP contribution >= 0.6 is 11.6 Å². The van der Waals surface area contributed by atoms with Crippen LogP contribution in [0.3, 0.4) is 0 Å². The number of morpholine rings is 1. The summed E-state index contributed by atoms with van der Waals surface area (Å²) in [6, 6.07) is 5.21. The summed E-state index contributed by atoms with van der Waals surface area (Å²) in [5.41, 5.74) is 1.40. The molecule has 17 heavy (non-hydrogen) atoms. The Morgan fingerprint density at radius 1 is 1.41 bits per heavy atom. The molecule has 1 aliphatic heterocycles.